The molecule has 3 aromatic rings. The summed E-state index contributed by atoms with van der Waals surface area (Å²) in [5, 5.41) is 4.90. The second-order valence-electron chi connectivity index (χ2n) is 6.72. The van der Waals surface area contributed by atoms with Crippen LogP contribution in [-0.2, 0) is 10.2 Å². The van der Waals surface area contributed by atoms with Crippen LogP contribution < -0.4 is 14.6 Å². The molecule has 0 saturated heterocycles. The van der Waals surface area contributed by atoms with Crippen molar-refractivity contribution in [3.05, 3.63) is 82.9 Å². The molecule has 1 atom stereocenters. The molecule has 0 aliphatic carbocycles. The van der Waals surface area contributed by atoms with Gasteiger partial charge in [0.25, 0.3) is 10.2 Å². The third-order valence-electron chi connectivity index (χ3n) is 4.57. The molecule has 2 aromatic carbocycles. The molecular formula is C21H22FN3O4S. The Morgan fingerprint density at radius 2 is 1.87 bits per heavy atom. The second kappa shape index (κ2) is 8.68. The lowest BCUT2D eigenvalue weighted by atomic mass is 9.97. The number of nitrogens with one attached hydrogen (secondary N) is 2. The zero-order valence-corrected chi connectivity index (χ0v) is 17.3. The number of benzene rings is 2. The van der Waals surface area contributed by atoms with Crippen molar-refractivity contribution in [3.8, 4) is 5.75 Å². The number of carbonyl (C=O) groups excluding carboxylic acids is 1. The summed E-state index contributed by atoms with van der Waals surface area (Å²) >= 11 is 0. The van der Waals surface area contributed by atoms with Gasteiger partial charge in [-0.2, -0.15) is 8.42 Å². The van der Waals surface area contributed by atoms with E-state index in [1.165, 1.54) is 12.1 Å². The summed E-state index contributed by atoms with van der Waals surface area (Å²) < 4.78 is 44.1. The smallest absolute Gasteiger partial charge is 0.296 e. The van der Waals surface area contributed by atoms with Crippen molar-refractivity contribution in [1.29, 1.82) is 0 Å². The van der Waals surface area contributed by atoms with E-state index in [4.69, 9.17) is 9.88 Å². The lowest BCUT2D eigenvalue weighted by Gasteiger charge is -2.13. The summed E-state index contributed by atoms with van der Waals surface area (Å²) in [7, 11) is -3.99. The number of aromatic nitrogens is 1. The Morgan fingerprint density at radius 1 is 1.17 bits per heavy atom. The lowest BCUT2D eigenvalue weighted by molar-refractivity contribution is 0.103. The molecule has 0 fully saturated rings. The van der Waals surface area contributed by atoms with Gasteiger partial charge < -0.3 is 9.72 Å². The molecule has 0 aliphatic rings. The average molecular weight is 431 g/mol. The minimum Gasteiger partial charge on any atom is -0.494 e. The van der Waals surface area contributed by atoms with Crippen LogP contribution in [0.15, 0.2) is 54.6 Å². The lowest BCUT2D eigenvalue weighted by Crippen LogP contribution is -2.21. The first kappa shape index (κ1) is 21.5. The monoisotopic (exact) mass is 431 g/mol. The van der Waals surface area contributed by atoms with Crippen molar-refractivity contribution in [1.82, 2.24) is 4.98 Å². The Hall–Kier alpha value is -3.17. The van der Waals surface area contributed by atoms with Gasteiger partial charge in [0, 0.05) is 17.2 Å². The SMILES string of the molecule is CCOc1ccc(C(=O)c2ccc(C(C)c3ccc(NS(N)(=O)=O)cc3F)[nH]2)cc1. The molecule has 158 valence electrons. The first-order valence-corrected chi connectivity index (χ1v) is 10.8. The van der Waals surface area contributed by atoms with Crippen LogP contribution in [0.5, 0.6) is 5.75 Å². The number of rotatable bonds is 8. The molecule has 1 aromatic heterocycles. The predicted molar refractivity (Wildman–Crippen MR) is 112 cm³/mol. The number of ether oxygens (including phenoxy) is 1. The van der Waals surface area contributed by atoms with Crippen LogP contribution in [-0.4, -0.2) is 25.8 Å². The van der Waals surface area contributed by atoms with Gasteiger partial charge in [-0.3, -0.25) is 9.52 Å². The van der Waals surface area contributed by atoms with Gasteiger partial charge in [0.15, 0.2) is 0 Å². The fourth-order valence-corrected chi connectivity index (χ4v) is 3.55. The van der Waals surface area contributed by atoms with Crippen molar-refractivity contribution >= 4 is 21.7 Å². The molecule has 1 heterocycles. The van der Waals surface area contributed by atoms with Crippen LogP contribution in [0.2, 0.25) is 0 Å². The zero-order chi connectivity index (χ0) is 21.9. The molecule has 4 N–H and O–H groups in total. The van der Waals surface area contributed by atoms with Gasteiger partial charge in [-0.1, -0.05) is 13.0 Å². The summed E-state index contributed by atoms with van der Waals surface area (Å²) in [4.78, 5) is 15.8. The molecule has 9 heteroatoms. The molecule has 0 radical (unpaired) electrons. The third kappa shape index (κ3) is 5.05. The van der Waals surface area contributed by atoms with Crippen molar-refractivity contribution < 1.29 is 22.3 Å². The number of carbonyl (C=O) groups is 1. The average Bonchev–Trinajstić information content (AvgIpc) is 3.17. The molecule has 0 spiro atoms. The van der Waals surface area contributed by atoms with Gasteiger partial charge in [-0.25, -0.2) is 9.53 Å². The van der Waals surface area contributed by atoms with Crippen LogP contribution >= 0.6 is 0 Å². The van der Waals surface area contributed by atoms with Gasteiger partial charge in [-0.15, -0.1) is 0 Å². The number of ketones is 1. The van der Waals surface area contributed by atoms with Gasteiger partial charge in [0.1, 0.15) is 11.6 Å². The topological polar surface area (TPSA) is 114 Å². The molecule has 0 aliphatic heterocycles. The third-order valence-corrected chi connectivity index (χ3v) is 5.09. The molecule has 0 bridgehead atoms. The Bertz CT molecular complexity index is 1160. The van der Waals surface area contributed by atoms with Crippen molar-refractivity contribution in [3.63, 3.8) is 0 Å². The summed E-state index contributed by atoms with van der Waals surface area (Å²) in [6.45, 7) is 4.21. The van der Waals surface area contributed by atoms with Crippen molar-refractivity contribution in [2.75, 3.05) is 11.3 Å². The van der Waals surface area contributed by atoms with Crippen molar-refractivity contribution in [2.24, 2.45) is 5.14 Å². The van der Waals surface area contributed by atoms with Crippen LogP contribution in [0.3, 0.4) is 0 Å². The number of halogens is 1. The highest BCUT2D eigenvalue weighted by atomic mass is 32.2. The first-order chi connectivity index (χ1) is 14.2. The molecule has 1 unspecified atom stereocenters. The fourth-order valence-electron chi connectivity index (χ4n) is 3.10. The minimum atomic E-state index is -3.99. The van der Waals surface area contributed by atoms with Crippen molar-refractivity contribution in [2.45, 2.75) is 19.8 Å². The maximum absolute atomic E-state index is 14.5. The Kier molecular flexibility index (Phi) is 6.23. The summed E-state index contributed by atoms with van der Waals surface area (Å²) in [5.41, 5.74) is 1.91. The largest absolute Gasteiger partial charge is 0.494 e. The maximum Gasteiger partial charge on any atom is 0.296 e. The van der Waals surface area contributed by atoms with E-state index in [-0.39, 0.29) is 11.5 Å². The first-order valence-electron chi connectivity index (χ1n) is 9.24. The van der Waals surface area contributed by atoms with E-state index < -0.39 is 21.9 Å². The highest BCUT2D eigenvalue weighted by Gasteiger charge is 2.18. The number of hydrogen-bond donors (Lipinski definition) is 3. The van der Waals surface area contributed by atoms with E-state index in [1.807, 2.05) is 11.6 Å². The summed E-state index contributed by atoms with van der Waals surface area (Å²) in [6.07, 6.45) is 0. The summed E-state index contributed by atoms with van der Waals surface area (Å²) in [5.74, 6) is -0.490. The number of aromatic amines is 1. The summed E-state index contributed by atoms with van der Waals surface area (Å²) in [6, 6.07) is 14.2. The number of nitrogens with two attached hydrogens (primary N) is 1. The molecule has 30 heavy (non-hydrogen) atoms. The highest BCUT2D eigenvalue weighted by Crippen LogP contribution is 2.28. The zero-order valence-electron chi connectivity index (χ0n) is 16.5. The fraction of sp³-hybridized carbons (Fsp3) is 0.190. The maximum atomic E-state index is 14.5. The normalized spacial score (nSPS) is 12.4. The quantitative estimate of drug-likeness (QED) is 0.473. The molecule has 0 amide bonds. The van der Waals surface area contributed by atoms with Gasteiger partial charge >= 0.3 is 0 Å². The van der Waals surface area contributed by atoms with Gasteiger partial charge in [-0.05, 0) is 61.0 Å². The molecule has 7 nitrogen and oxygen atoms in total. The van der Waals surface area contributed by atoms with E-state index in [0.29, 0.717) is 34.9 Å². The standard InChI is InChI=1S/C21H22FN3O4S/c1-3-29-16-7-4-14(5-8-16)21(26)20-11-10-19(24-20)13(2)17-9-6-15(12-18(17)22)25-30(23,27)28/h4-13,24-25H,3H2,1-2H3,(H2,23,27,28). The van der Waals surface area contributed by atoms with E-state index in [0.717, 1.165) is 6.07 Å². The van der Waals surface area contributed by atoms with Crippen LogP contribution in [0, 0.1) is 5.82 Å². The second-order valence-corrected chi connectivity index (χ2v) is 8.01. The van der Waals surface area contributed by atoms with Crippen LogP contribution in [0.4, 0.5) is 10.1 Å². The molecular weight excluding hydrogens is 409 g/mol. The highest BCUT2D eigenvalue weighted by molar-refractivity contribution is 7.90. The Morgan fingerprint density at radius 3 is 2.47 bits per heavy atom. The number of anilines is 1. The molecule has 3 rings (SSSR count). The van der Waals surface area contributed by atoms with E-state index in [1.54, 1.807) is 43.3 Å². The number of hydrogen-bond acceptors (Lipinski definition) is 4. The van der Waals surface area contributed by atoms with E-state index in [2.05, 4.69) is 4.98 Å². The predicted octanol–water partition coefficient (Wildman–Crippen LogP) is 3.55. The van der Waals surface area contributed by atoms with E-state index in [9.17, 15) is 17.6 Å². The minimum absolute atomic E-state index is 0.0313. The van der Waals surface area contributed by atoms with Gasteiger partial charge in [0.05, 0.1) is 18.0 Å². The van der Waals surface area contributed by atoms with Crippen LogP contribution in [0.25, 0.3) is 0 Å². The molecule has 0 saturated carbocycles. The Balaban J connectivity index is 1.79. The van der Waals surface area contributed by atoms with Crippen LogP contribution in [0.1, 0.15) is 47.1 Å². The number of H-pyrrole nitrogens is 1. The van der Waals surface area contributed by atoms with E-state index >= 15 is 0 Å². The van der Waals surface area contributed by atoms with Gasteiger partial charge in [0.2, 0.25) is 5.78 Å². The Labute approximate surface area is 174 Å².